The van der Waals surface area contributed by atoms with Crippen LogP contribution >= 0.6 is 0 Å². The van der Waals surface area contributed by atoms with E-state index in [1.807, 2.05) is 64.0 Å². The molecule has 0 atom stereocenters. The summed E-state index contributed by atoms with van der Waals surface area (Å²) in [5, 5.41) is 7.02. The number of hydrogen-bond acceptors (Lipinski definition) is 3. The van der Waals surface area contributed by atoms with Crippen molar-refractivity contribution < 1.29 is 9.13 Å². The van der Waals surface area contributed by atoms with Gasteiger partial charge < -0.3 is 4.74 Å². The summed E-state index contributed by atoms with van der Waals surface area (Å²) in [5.74, 6) is 1.56. The van der Waals surface area contributed by atoms with Crippen LogP contribution in [0.15, 0.2) is 104 Å². The van der Waals surface area contributed by atoms with E-state index in [1.54, 1.807) is 0 Å². The zero-order valence-electron chi connectivity index (χ0n) is 31.7. The summed E-state index contributed by atoms with van der Waals surface area (Å²) in [6.45, 7) is 18.5. The van der Waals surface area contributed by atoms with E-state index in [0.717, 1.165) is 58.7 Å². The summed E-state index contributed by atoms with van der Waals surface area (Å²) in [4.78, 5) is 4.50. The van der Waals surface area contributed by atoms with Gasteiger partial charge in [0.05, 0.1) is 22.9 Å². The lowest BCUT2D eigenvalue weighted by Crippen LogP contribution is -2.11. The topological polar surface area (TPSA) is 44.9 Å². The minimum Gasteiger partial charge on any atom is -0.457 e. The van der Waals surface area contributed by atoms with Crippen LogP contribution in [-0.2, 0) is 12.8 Å². The van der Waals surface area contributed by atoms with Crippen molar-refractivity contribution in [2.75, 3.05) is 0 Å². The van der Waals surface area contributed by atoms with Gasteiger partial charge in [-0.3, -0.25) is 4.57 Å². The highest BCUT2D eigenvalue weighted by atomic mass is 19.1. The van der Waals surface area contributed by atoms with E-state index >= 15 is 0 Å². The molecule has 0 N–H and O–H groups in total. The van der Waals surface area contributed by atoms with Gasteiger partial charge in [-0.2, -0.15) is 5.10 Å². The molecule has 7 aromatic rings. The molecule has 0 aliphatic rings. The first-order chi connectivity index (χ1) is 24.7. The van der Waals surface area contributed by atoms with Gasteiger partial charge >= 0.3 is 0 Å². The maximum Gasteiger partial charge on any atom is 0.140 e. The molecule has 0 bridgehead atoms. The van der Waals surface area contributed by atoms with Crippen LogP contribution in [0.4, 0.5) is 4.39 Å². The Morgan fingerprint density at radius 3 is 2.06 bits per heavy atom. The van der Waals surface area contributed by atoms with E-state index < -0.39 is 0 Å². The molecule has 0 amide bonds. The Labute approximate surface area is 307 Å². The molecule has 6 heteroatoms. The van der Waals surface area contributed by atoms with Gasteiger partial charge in [0.25, 0.3) is 0 Å². The Hall–Kier alpha value is -5.23. The SMILES string of the molecule is Cc1cc(C)c(CCC(C)(C)C)c(-c2cnn(-c3cccc(Oc4ccc5c6ccccc6n(-c6cc(F)ccn6)c5c4)c3)c2)c1CCC(C)(C)C. The molecule has 0 aliphatic carbocycles. The third-order valence-corrected chi connectivity index (χ3v) is 10.0. The molecule has 7 rings (SSSR count). The lowest BCUT2D eigenvalue weighted by molar-refractivity contribution is 0.376. The zero-order chi connectivity index (χ0) is 36.8. The van der Waals surface area contributed by atoms with Gasteiger partial charge in [0.1, 0.15) is 23.1 Å². The Morgan fingerprint density at radius 2 is 1.37 bits per heavy atom. The molecule has 3 heterocycles. The molecule has 5 nitrogen and oxygen atoms in total. The fraction of sp³-hybridized carbons (Fsp3) is 0.304. The highest BCUT2D eigenvalue weighted by molar-refractivity contribution is 6.09. The number of benzene rings is 4. The first kappa shape index (κ1) is 35.2. The highest BCUT2D eigenvalue weighted by Gasteiger charge is 2.22. The average Bonchev–Trinajstić information content (AvgIpc) is 3.70. The molecule has 4 aromatic carbocycles. The monoisotopic (exact) mass is 692 g/mol. The normalized spacial score (nSPS) is 12.2. The van der Waals surface area contributed by atoms with Crippen LogP contribution in [0.3, 0.4) is 0 Å². The number of halogens is 1. The second kappa shape index (κ2) is 13.7. The van der Waals surface area contributed by atoms with E-state index in [4.69, 9.17) is 9.84 Å². The van der Waals surface area contributed by atoms with Crippen molar-refractivity contribution in [2.45, 2.75) is 81.1 Å². The minimum atomic E-state index is -0.332. The van der Waals surface area contributed by atoms with Crippen molar-refractivity contribution in [2.24, 2.45) is 10.8 Å². The van der Waals surface area contributed by atoms with Gasteiger partial charge in [-0.1, -0.05) is 71.9 Å². The molecule has 0 spiro atoms. The molecule has 3 aromatic heterocycles. The maximum absolute atomic E-state index is 14.3. The van der Waals surface area contributed by atoms with Gasteiger partial charge in [-0.25, -0.2) is 14.1 Å². The van der Waals surface area contributed by atoms with E-state index in [-0.39, 0.29) is 16.6 Å². The van der Waals surface area contributed by atoms with E-state index in [1.165, 1.54) is 46.1 Å². The van der Waals surface area contributed by atoms with E-state index in [0.29, 0.717) is 17.3 Å². The third kappa shape index (κ3) is 7.38. The number of fused-ring (bicyclic) bond motifs is 3. The Bertz CT molecular complexity index is 2360. The minimum absolute atomic E-state index is 0.238. The van der Waals surface area contributed by atoms with Crippen LogP contribution in [-0.4, -0.2) is 19.3 Å². The molecular weight excluding hydrogens is 644 g/mol. The number of aromatic nitrogens is 4. The lowest BCUT2D eigenvalue weighted by Gasteiger charge is -2.25. The number of para-hydroxylation sites is 1. The van der Waals surface area contributed by atoms with Crippen LogP contribution in [0.1, 0.15) is 76.6 Å². The van der Waals surface area contributed by atoms with Crippen LogP contribution in [0.2, 0.25) is 0 Å². The fourth-order valence-corrected chi connectivity index (χ4v) is 7.26. The van der Waals surface area contributed by atoms with Gasteiger partial charge in [0, 0.05) is 46.9 Å². The molecule has 0 unspecified atom stereocenters. The van der Waals surface area contributed by atoms with E-state index in [2.05, 4.69) is 90.8 Å². The number of hydrogen-bond donors (Lipinski definition) is 0. The molecule has 0 saturated heterocycles. The highest BCUT2D eigenvalue weighted by Crippen LogP contribution is 2.39. The van der Waals surface area contributed by atoms with Crippen molar-refractivity contribution in [1.29, 1.82) is 0 Å². The Kier molecular flexibility index (Phi) is 9.28. The molecular formula is C46H49FN4O. The molecule has 52 heavy (non-hydrogen) atoms. The van der Waals surface area contributed by atoms with Crippen LogP contribution < -0.4 is 4.74 Å². The van der Waals surface area contributed by atoms with E-state index in [9.17, 15) is 4.39 Å². The van der Waals surface area contributed by atoms with Crippen molar-refractivity contribution in [3.63, 3.8) is 0 Å². The molecule has 0 saturated carbocycles. The van der Waals surface area contributed by atoms with Crippen molar-refractivity contribution in [3.05, 3.63) is 132 Å². The Morgan fingerprint density at radius 1 is 0.692 bits per heavy atom. The number of pyridine rings is 1. The number of nitrogens with zero attached hydrogens (tertiary/aromatic N) is 4. The van der Waals surface area contributed by atoms with Crippen molar-refractivity contribution in [3.8, 4) is 34.1 Å². The van der Waals surface area contributed by atoms with Crippen molar-refractivity contribution >= 4 is 21.8 Å². The zero-order valence-corrected chi connectivity index (χ0v) is 31.7. The fourth-order valence-electron chi connectivity index (χ4n) is 7.26. The average molecular weight is 693 g/mol. The van der Waals surface area contributed by atoms with Gasteiger partial charge in [0.2, 0.25) is 0 Å². The summed E-state index contributed by atoms with van der Waals surface area (Å²) >= 11 is 0. The first-order valence-corrected chi connectivity index (χ1v) is 18.3. The summed E-state index contributed by atoms with van der Waals surface area (Å²) < 4.78 is 24.8. The molecule has 0 radical (unpaired) electrons. The summed E-state index contributed by atoms with van der Waals surface area (Å²) in [6, 6.07) is 27.4. The molecule has 0 aliphatic heterocycles. The maximum atomic E-state index is 14.3. The van der Waals surface area contributed by atoms with Crippen LogP contribution in [0, 0.1) is 30.5 Å². The predicted molar refractivity (Wildman–Crippen MR) is 213 cm³/mol. The third-order valence-electron chi connectivity index (χ3n) is 10.0. The first-order valence-electron chi connectivity index (χ1n) is 18.3. The second-order valence-corrected chi connectivity index (χ2v) is 16.6. The molecule has 0 fully saturated rings. The molecule has 266 valence electrons. The Balaban J connectivity index is 1.24. The second-order valence-electron chi connectivity index (χ2n) is 16.6. The largest absolute Gasteiger partial charge is 0.457 e. The number of rotatable bonds is 9. The quantitative estimate of drug-likeness (QED) is 0.151. The summed E-state index contributed by atoms with van der Waals surface area (Å²) in [6.07, 6.45) is 9.97. The smallest absolute Gasteiger partial charge is 0.140 e. The van der Waals surface area contributed by atoms with Crippen molar-refractivity contribution in [1.82, 2.24) is 19.3 Å². The lowest BCUT2D eigenvalue weighted by atomic mass is 9.80. The standard InChI is InChI=1S/C46H49FN4O/c1-30-24-31(2)38(19-22-46(6,7)8)44(37(30)18-21-45(3,4)5)32-28-49-50(29-32)34-12-11-13-35(26-34)52-36-16-17-40-39-14-9-10-15-41(39)51(42(40)27-36)43-25-33(47)20-23-48-43/h9-17,20,23-29H,18-19,21-22H2,1-8H3. The number of aryl methyl sites for hydroxylation is 2. The van der Waals surface area contributed by atoms with Gasteiger partial charge in [0.15, 0.2) is 0 Å². The van der Waals surface area contributed by atoms with Gasteiger partial charge in [-0.15, -0.1) is 0 Å². The predicted octanol–water partition coefficient (Wildman–Crippen LogP) is 12.5. The summed E-state index contributed by atoms with van der Waals surface area (Å²) in [5.41, 5.74) is 11.3. The van der Waals surface area contributed by atoms with Gasteiger partial charge in [-0.05, 0) is 115 Å². The summed E-state index contributed by atoms with van der Waals surface area (Å²) in [7, 11) is 0. The van der Waals surface area contributed by atoms with Crippen LogP contribution in [0.5, 0.6) is 11.5 Å². The number of ether oxygens (including phenoxy) is 1. The van der Waals surface area contributed by atoms with Crippen LogP contribution in [0.25, 0.3) is 44.4 Å².